The molecule has 7 rings (SSSR count). The van der Waals surface area contributed by atoms with Gasteiger partial charge in [-0.15, -0.1) is 0 Å². The maximum absolute atomic E-state index is 12.6. The Morgan fingerprint density at radius 2 is 1.06 bits per heavy atom. The largest absolute Gasteiger partial charge is 0.444 e. The van der Waals surface area contributed by atoms with Gasteiger partial charge in [-0.2, -0.15) is 10.2 Å². The highest BCUT2D eigenvalue weighted by molar-refractivity contribution is 9.10. The van der Waals surface area contributed by atoms with Crippen LogP contribution < -0.4 is 0 Å². The first-order chi connectivity index (χ1) is 25.1. The Morgan fingerprint density at radius 1 is 0.623 bits per heavy atom. The maximum atomic E-state index is 12.6. The molecule has 0 radical (unpaired) electrons. The minimum Gasteiger partial charge on any atom is -0.444 e. The fraction of sp³-hybridized carbons (Fsp3) is 0.359. The van der Waals surface area contributed by atoms with Crippen LogP contribution in [0, 0.1) is 0 Å². The molecule has 53 heavy (non-hydrogen) atoms. The van der Waals surface area contributed by atoms with Crippen LogP contribution in [-0.4, -0.2) is 70.8 Å². The molecule has 0 saturated carbocycles. The predicted octanol–water partition coefficient (Wildman–Crippen LogP) is 9.73. The van der Waals surface area contributed by atoms with Crippen molar-refractivity contribution in [1.82, 2.24) is 34.3 Å². The first-order valence-electron chi connectivity index (χ1n) is 17.3. The molecule has 5 heterocycles. The Morgan fingerprint density at radius 3 is 1.55 bits per heavy atom. The molecule has 0 aliphatic carbocycles. The van der Waals surface area contributed by atoms with Crippen molar-refractivity contribution >= 4 is 51.3 Å². The summed E-state index contributed by atoms with van der Waals surface area (Å²) in [5, 5.41) is 10.9. The molecule has 14 heteroatoms. The SMILES string of the molecule is CC(C)(C)OC(=O)N1CCn2nc(-c3ccc(Cl)cc3)c(-c3ccncc3)c2C1.CC(C)(C)OC(=O)N1CCn2nc(-c3ccc(Cl)cc3)c(Br)c2C1. The van der Waals surface area contributed by atoms with Gasteiger partial charge in [0, 0.05) is 52.2 Å². The van der Waals surface area contributed by atoms with Gasteiger partial charge in [0.2, 0.25) is 0 Å². The Labute approximate surface area is 327 Å². The third-order valence-corrected chi connectivity index (χ3v) is 9.74. The number of carbonyl (C=O) groups is 2. The van der Waals surface area contributed by atoms with E-state index in [4.69, 9.17) is 37.8 Å². The number of ether oxygens (including phenoxy) is 2. The lowest BCUT2D eigenvalue weighted by Crippen LogP contribution is -2.41. The summed E-state index contributed by atoms with van der Waals surface area (Å²) < 4.78 is 15.9. The number of nitrogens with zero attached hydrogens (tertiary/aromatic N) is 7. The number of carbonyl (C=O) groups excluding carboxylic acids is 2. The molecular formula is C39H42BrCl2N7O4. The highest BCUT2D eigenvalue weighted by Gasteiger charge is 2.31. The van der Waals surface area contributed by atoms with Crippen LogP contribution in [0.25, 0.3) is 33.6 Å². The maximum Gasteiger partial charge on any atom is 0.410 e. The summed E-state index contributed by atoms with van der Waals surface area (Å²) >= 11 is 15.7. The standard InChI is InChI=1S/C22H23ClN4O2.C17H19BrClN3O2/c1-22(2,3)29-21(28)26-12-13-27-18(14-26)19(15-8-10-24-11-9-15)20(25-27)16-4-6-17(23)7-5-16;1-17(2,3)24-16(23)21-8-9-22-13(10-21)14(18)15(20-22)11-4-6-12(19)7-5-11/h4-11H,12-14H2,1-3H3;4-7H,8-10H2,1-3H3. The summed E-state index contributed by atoms with van der Waals surface area (Å²) in [6.45, 7) is 14.5. The zero-order valence-electron chi connectivity index (χ0n) is 30.6. The van der Waals surface area contributed by atoms with Gasteiger partial charge in [0.25, 0.3) is 0 Å². The van der Waals surface area contributed by atoms with E-state index in [1.54, 1.807) is 22.2 Å². The Hall–Kier alpha value is -4.39. The van der Waals surface area contributed by atoms with E-state index in [0.717, 1.165) is 49.5 Å². The number of aromatic nitrogens is 5. The molecule has 5 aromatic rings. The van der Waals surface area contributed by atoms with Crippen LogP contribution in [0.4, 0.5) is 9.59 Å². The van der Waals surface area contributed by atoms with Crippen molar-refractivity contribution in [3.05, 3.63) is 99.0 Å². The molecule has 2 aliphatic heterocycles. The Balaban J connectivity index is 0.000000185. The first kappa shape index (κ1) is 38.3. The summed E-state index contributed by atoms with van der Waals surface area (Å²) in [6.07, 6.45) is 2.92. The average Bonchev–Trinajstić information content (AvgIpc) is 3.65. The minimum atomic E-state index is -0.531. The third kappa shape index (κ3) is 9.23. The molecule has 0 atom stereocenters. The molecule has 3 aromatic heterocycles. The fourth-order valence-corrected chi connectivity index (χ4v) is 6.88. The monoisotopic (exact) mass is 821 g/mol. The lowest BCUT2D eigenvalue weighted by Gasteiger charge is -2.30. The quantitative estimate of drug-likeness (QED) is 0.178. The van der Waals surface area contributed by atoms with Crippen molar-refractivity contribution in [2.24, 2.45) is 0 Å². The van der Waals surface area contributed by atoms with Gasteiger partial charge in [-0.25, -0.2) is 9.59 Å². The van der Waals surface area contributed by atoms with Crippen molar-refractivity contribution in [3.63, 3.8) is 0 Å². The van der Waals surface area contributed by atoms with Gasteiger partial charge < -0.3 is 19.3 Å². The topological polar surface area (TPSA) is 108 Å². The van der Waals surface area contributed by atoms with E-state index in [0.29, 0.717) is 49.3 Å². The van der Waals surface area contributed by atoms with Gasteiger partial charge >= 0.3 is 12.2 Å². The molecule has 0 unspecified atom stereocenters. The molecule has 2 amide bonds. The number of fused-ring (bicyclic) bond motifs is 2. The van der Waals surface area contributed by atoms with Gasteiger partial charge in [0.1, 0.15) is 22.6 Å². The molecule has 0 bridgehead atoms. The molecule has 2 aromatic carbocycles. The molecule has 0 fully saturated rings. The Kier molecular flexibility index (Phi) is 11.2. The van der Waals surface area contributed by atoms with E-state index in [9.17, 15) is 9.59 Å². The first-order valence-corrected chi connectivity index (χ1v) is 18.8. The van der Waals surface area contributed by atoms with E-state index in [1.807, 2.05) is 112 Å². The zero-order chi connectivity index (χ0) is 38.1. The van der Waals surface area contributed by atoms with Crippen molar-refractivity contribution in [3.8, 4) is 33.6 Å². The van der Waals surface area contributed by atoms with Crippen LogP contribution in [0.5, 0.6) is 0 Å². The summed E-state index contributed by atoms with van der Waals surface area (Å²) in [7, 11) is 0. The molecule has 11 nitrogen and oxygen atoms in total. The van der Waals surface area contributed by atoms with E-state index in [-0.39, 0.29) is 12.2 Å². The summed E-state index contributed by atoms with van der Waals surface area (Å²) in [6, 6.07) is 19.1. The smallest absolute Gasteiger partial charge is 0.410 e. The van der Waals surface area contributed by atoms with E-state index in [2.05, 4.69) is 26.0 Å². The number of rotatable bonds is 3. The lowest BCUT2D eigenvalue weighted by atomic mass is 9.99. The van der Waals surface area contributed by atoms with Crippen LogP contribution >= 0.6 is 39.1 Å². The molecule has 278 valence electrons. The van der Waals surface area contributed by atoms with Gasteiger partial charge in [-0.05, 0) is 99.4 Å². The second kappa shape index (κ2) is 15.5. The second-order valence-corrected chi connectivity index (χ2v) is 16.4. The number of benzene rings is 2. The number of amides is 2. The van der Waals surface area contributed by atoms with Crippen molar-refractivity contribution in [2.45, 2.75) is 78.9 Å². The van der Waals surface area contributed by atoms with Crippen LogP contribution in [-0.2, 0) is 35.7 Å². The second-order valence-electron chi connectivity index (χ2n) is 14.8. The van der Waals surface area contributed by atoms with Gasteiger partial charge in [0.15, 0.2) is 0 Å². The van der Waals surface area contributed by atoms with Crippen LogP contribution in [0.1, 0.15) is 52.9 Å². The number of halogens is 3. The predicted molar refractivity (Wildman–Crippen MR) is 210 cm³/mol. The van der Waals surface area contributed by atoms with Crippen molar-refractivity contribution in [1.29, 1.82) is 0 Å². The highest BCUT2D eigenvalue weighted by atomic mass is 79.9. The number of pyridine rings is 1. The van der Waals surface area contributed by atoms with Crippen LogP contribution in [0.15, 0.2) is 77.5 Å². The molecule has 0 saturated heterocycles. The van der Waals surface area contributed by atoms with E-state index < -0.39 is 11.2 Å². The van der Waals surface area contributed by atoms with Crippen molar-refractivity contribution in [2.75, 3.05) is 13.1 Å². The third-order valence-electron chi connectivity index (χ3n) is 8.40. The summed E-state index contributed by atoms with van der Waals surface area (Å²) in [4.78, 5) is 32.5. The molecule has 2 aliphatic rings. The van der Waals surface area contributed by atoms with E-state index in [1.165, 1.54) is 0 Å². The van der Waals surface area contributed by atoms with Crippen LogP contribution in [0.3, 0.4) is 0 Å². The Bertz CT molecular complexity index is 2090. The van der Waals surface area contributed by atoms with Crippen LogP contribution in [0.2, 0.25) is 10.0 Å². The van der Waals surface area contributed by atoms with Gasteiger partial charge in [-0.1, -0.05) is 47.5 Å². The number of hydrogen-bond donors (Lipinski definition) is 0. The summed E-state index contributed by atoms with van der Waals surface area (Å²) in [5.41, 5.74) is 6.62. The van der Waals surface area contributed by atoms with Gasteiger partial charge in [0.05, 0.1) is 42.0 Å². The fourth-order valence-electron chi connectivity index (χ4n) is 5.99. The zero-order valence-corrected chi connectivity index (χ0v) is 33.7. The molecule has 0 spiro atoms. The average molecular weight is 824 g/mol. The highest BCUT2D eigenvalue weighted by Crippen LogP contribution is 2.37. The molecular weight excluding hydrogens is 781 g/mol. The lowest BCUT2D eigenvalue weighted by molar-refractivity contribution is 0.0184. The molecule has 0 N–H and O–H groups in total. The van der Waals surface area contributed by atoms with Gasteiger partial charge in [-0.3, -0.25) is 14.3 Å². The summed E-state index contributed by atoms with van der Waals surface area (Å²) in [5.74, 6) is 0. The number of hydrogen-bond acceptors (Lipinski definition) is 7. The van der Waals surface area contributed by atoms with Crippen molar-refractivity contribution < 1.29 is 19.1 Å². The van der Waals surface area contributed by atoms with E-state index >= 15 is 0 Å². The normalized spacial score (nSPS) is 14.1. The minimum absolute atomic E-state index is 0.296.